The quantitative estimate of drug-likeness (QED) is 0.878. The van der Waals surface area contributed by atoms with Gasteiger partial charge in [-0.3, -0.25) is 4.79 Å². The highest BCUT2D eigenvalue weighted by Gasteiger charge is 2.35. The van der Waals surface area contributed by atoms with Gasteiger partial charge in [0.2, 0.25) is 11.6 Å². The number of rotatable bonds is 3. The van der Waals surface area contributed by atoms with Gasteiger partial charge in [-0.05, 0) is 35.3 Å². The molecule has 1 aliphatic carbocycles. The van der Waals surface area contributed by atoms with Crippen molar-refractivity contribution < 1.29 is 18.9 Å². The van der Waals surface area contributed by atoms with E-state index in [2.05, 4.69) is 20.9 Å². The molecule has 2 heterocycles. The first-order chi connectivity index (χ1) is 12.2. The first-order valence-electron chi connectivity index (χ1n) is 8.05. The van der Waals surface area contributed by atoms with Crippen LogP contribution in [0.5, 0.6) is 11.5 Å². The number of aromatic nitrogens is 2. The molecule has 130 valence electrons. The van der Waals surface area contributed by atoms with Gasteiger partial charge < -0.3 is 20.1 Å². The molecule has 0 fully saturated rings. The summed E-state index contributed by atoms with van der Waals surface area (Å²) in [4.78, 5) is 12.7. The number of allylic oxidation sites excluding steroid dienone is 1. The number of Topliss-reactive ketones (excluding diaryl/α,β-unsaturated/α-hetero) is 1. The normalized spacial score (nSPS) is 19.3. The molecule has 1 atom stereocenters. The second kappa shape index (κ2) is 6.12. The minimum Gasteiger partial charge on any atom is -0.497 e. The van der Waals surface area contributed by atoms with Gasteiger partial charge in [-0.25, -0.2) is 4.63 Å². The van der Waals surface area contributed by atoms with Gasteiger partial charge in [-0.1, -0.05) is 0 Å². The molecular weight excluding hydrogens is 324 g/mol. The number of anilines is 2. The Morgan fingerprint density at radius 3 is 2.80 bits per heavy atom. The largest absolute Gasteiger partial charge is 0.497 e. The zero-order valence-electron chi connectivity index (χ0n) is 14.0. The van der Waals surface area contributed by atoms with Crippen molar-refractivity contribution in [2.45, 2.75) is 25.3 Å². The molecule has 8 heteroatoms. The maximum Gasteiger partial charge on any atom is 0.219 e. The average molecular weight is 342 g/mol. The lowest BCUT2D eigenvalue weighted by atomic mass is 9.86. The Bertz CT molecular complexity index is 858. The van der Waals surface area contributed by atoms with Crippen LogP contribution in [0.25, 0.3) is 0 Å². The third-order valence-corrected chi connectivity index (χ3v) is 4.54. The molecule has 0 spiro atoms. The molecule has 25 heavy (non-hydrogen) atoms. The average Bonchev–Trinajstić information content (AvgIpc) is 3.00. The van der Waals surface area contributed by atoms with Crippen LogP contribution in [-0.4, -0.2) is 30.3 Å². The standard InChI is InChI=1S/C17H18N4O4/c1-23-9-6-7-10(13(8-9)24-2)15-14-11(4-3-5-12(14)22)18-16-17(19-15)21-25-20-16/h6-8,15H,3-5H2,1-2H3,(H,18,20)(H,19,21). The van der Waals surface area contributed by atoms with Crippen molar-refractivity contribution >= 4 is 17.4 Å². The second-order valence-electron chi connectivity index (χ2n) is 5.94. The first-order valence-corrected chi connectivity index (χ1v) is 8.05. The Balaban J connectivity index is 1.87. The maximum atomic E-state index is 12.7. The molecule has 8 nitrogen and oxygen atoms in total. The van der Waals surface area contributed by atoms with Crippen molar-refractivity contribution in [1.82, 2.24) is 10.3 Å². The highest BCUT2D eigenvalue weighted by molar-refractivity contribution is 6.00. The molecule has 4 rings (SSSR count). The highest BCUT2D eigenvalue weighted by Crippen LogP contribution is 2.42. The van der Waals surface area contributed by atoms with Crippen molar-refractivity contribution in [2.24, 2.45) is 0 Å². The Morgan fingerprint density at radius 1 is 1.16 bits per heavy atom. The molecule has 1 unspecified atom stereocenters. The summed E-state index contributed by atoms with van der Waals surface area (Å²) in [5.41, 5.74) is 2.36. The van der Waals surface area contributed by atoms with Gasteiger partial charge in [0.15, 0.2) is 5.78 Å². The van der Waals surface area contributed by atoms with E-state index in [0.717, 1.165) is 24.1 Å². The summed E-state index contributed by atoms with van der Waals surface area (Å²) in [6.45, 7) is 0. The molecular formula is C17H18N4O4. The molecule has 0 bridgehead atoms. The number of hydrogen-bond donors (Lipinski definition) is 2. The van der Waals surface area contributed by atoms with E-state index in [1.165, 1.54) is 0 Å². The maximum absolute atomic E-state index is 12.7. The lowest BCUT2D eigenvalue weighted by molar-refractivity contribution is -0.116. The van der Waals surface area contributed by atoms with Gasteiger partial charge in [-0.2, -0.15) is 0 Å². The van der Waals surface area contributed by atoms with E-state index < -0.39 is 6.04 Å². The molecule has 1 aromatic carbocycles. The summed E-state index contributed by atoms with van der Waals surface area (Å²) in [5.74, 6) is 2.36. The number of nitrogens with zero attached hydrogens (tertiary/aromatic N) is 2. The van der Waals surface area contributed by atoms with E-state index in [1.54, 1.807) is 20.3 Å². The van der Waals surface area contributed by atoms with Gasteiger partial charge in [-0.15, -0.1) is 0 Å². The van der Waals surface area contributed by atoms with Gasteiger partial charge in [0.05, 0.1) is 20.3 Å². The molecule has 0 saturated carbocycles. The van der Waals surface area contributed by atoms with Crippen LogP contribution in [0, 0.1) is 0 Å². The Morgan fingerprint density at radius 2 is 2.00 bits per heavy atom. The van der Waals surface area contributed by atoms with Gasteiger partial charge in [0, 0.05) is 29.3 Å². The number of nitrogens with one attached hydrogen (secondary N) is 2. The van der Waals surface area contributed by atoms with Crippen LogP contribution >= 0.6 is 0 Å². The van der Waals surface area contributed by atoms with Crippen LogP contribution in [-0.2, 0) is 4.79 Å². The monoisotopic (exact) mass is 342 g/mol. The Kier molecular flexibility index (Phi) is 3.79. The highest BCUT2D eigenvalue weighted by atomic mass is 16.6. The number of carbonyl (C=O) groups is 1. The van der Waals surface area contributed by atoms with Crippen molar-refractivity contribution in [1.29, 1.82) is 0 Å². The van der Waals surface area contributed by atoms with Crippen LogP contribution in [0.2, 0.25) is 0 Å². The fourth-order valence-corrected chi connectivity index (χ4v) is 3.34. The molecule has 2 aliphatic rings. The fourth-order valence-electron chi connectivity index (χ4n) is 3.34. The number of methoxy groups -OCH3 is 2. The van der Waals surface area contributed by atoms with E-state index >= 15 is 0 Å². The fraction of sp³-hybridized carbons (Fsp3) is 0.353. The van der Waals surface area contributed by atoms with Crippen LogP contribution in [0.1, 0.15) is 30.9 Å². The van der Waals surface area contributed by atoms with E-state index in [9.17, 15) is 4.79 Å². The minimum absolute atomic E-state index is 0.103. The lowest BCUT2D eigenvalue weighted by Crippen LogP contribution is -2.24. The topological polar surface area (TPSA) is 98.5 Å². The molecule has 0 radical (unpaired) electrons. The molecule has 2 N–H and O–H groups in total. The summed E-state index contributed by atoms with van der Waals surface area (Å²) in [6, 6.07) is 5.11. The smallest absolute Gasteiger partial charge is 0.219 e. The third-order valence-electron chi connectivity index (χ3n) is 4.54. The molecule has 1 aliphatic heterocycles. The summed E-state index contributed by atoms with van der Waals surface area (Å²) in [7, 11) is 3.19. The van der Waals surface area contributed by atoms with Crippen molar-refractivity contribution in [3.05, 3.63) is 35.0 Å². The van der Waals surface area contributed by atoms with Gasteiger partial charge in [0.1, 0.15) is 11.5 Å². The Labute approximate surface area is 144 Å². The zero-order valence-corrected chi connectivity index (χ0v) is 14.0. The predicted octanol–water partition coefficient (Wildman–Crippen LogP) is 2.67. The first kappa shape index (κ1) is 15.5. The van der Waals surface area contributed by atoms with Gasteiger partial charge >= 0.3 is 0 Å². The molecule has 1 aromatic heterocycles. The van der Waals surface area contributed by atoms with E-state index in [4.69, 9.17) is 14.1 Å². The molecule has 0 saturated heterocycles. The van der Waals surface area contributed by atoms with Crippen molar-refractivity contribution in [2.75, 3.05) is 24.9 Å². The minimum atomic E-state index is -0.413. The third kappa shape index (κ3) is 2.59. The van der Waals surface area contributed by atoms with Crippen LogP contribution in [0.3, 0.4) is 0 Å². The van der Waals surface area contributed by atoms with Crippen LogP contribution in [0.15, 0.2) is 34.1 Å². The number of hydrogen-bond acceptors (Lipinski definition) is 8. The molecule has 2 aromatic rings. The van der Waals surface area contributed by atoms with E-state index in [0.29, 0.717) is 35.1 Å². The van der Waals surface area contributed by atoms with Crippen molar-refractivity contribution in [3.63, 3.8) is 0 Å². The number of carbonyl (C=O) groups excluding carboxylic acids is 1. The summed E-state index contributed by atoms with van der Waals surface area (Å²) in [5, 5.41) is 14.2. The number of ether oxygens (including phenoxy) is 2. The molecule has 0 amide bonds. The summed E-state index contributed by atoms with van der Waals surface area (Å²) < 4.78 is 15.6. The van der Waals surface area contributed by atoms with E-state index in [1.807, 2.05) is 12.1 Å². The SMILES string of the molecule is COc1ccc(C2Nc3nonc3NC3=C2C(=O)CCC3)c(OC)c1. The van der Waals surface area contributed by atoms with E-state index in [-0.39, 0.29) is 5.78 Å². The number of benzene rings is 1. The number of ketones is 1. The second-order valence-corrected chi connectivity index (χ2v) is 5.94. The number of fused-ring (bicyclic) bond motifs is 1. The van der Waals surface area contributed by atoms with Crippen LogP contribution in [0.4, 0.5) is 11.6 Å². The summed E-state index contributed by atoms with van der Waals surface area (Å²) in [6.07, 6.45) is 2.09. The predicted molar refractivity (Wildman–Crippen MR) is 89.7 cm³/mol. The zero-order chi connectivity index (χ0) is 17.4. The Hall–Kier alpha value is -3.03. The lowest BCUT2D eigenvalue weighted by Gasteiger charge is -2.26. The van der Waals surface area contributed by atoms with Crippen LogP contribution < -0.4 is 20.1 Å². The summed E-state index contributed by atoms with van der Waals surface area (Å²) >= 11 is 0. The van der Waals surface area contributed by atoms with Gasteiger partial charge in [0.25, 0.3) is 0 Å². The van der Waals surface area contributed by atoms with Crippen molar-refractivity contribution in [3.8, 4) is 11.5 Å².